The van der Waals surface area contributed by atoms with Crippen molar-refractivity contribution < 1.29 is 4.79 Å². The van der Waals surface area contributed by atoms with Crippen LogP contribution in [0.25, 0.3) is 0 Å². The summed E-state index contributed by atoms with van der Waals surface area (Å²) in [6.45, 7) is 1.82. The lowest BCUT2D eigenvalue weighted by atomic mass is 10.1. The van der Waals surface area contributed by atoms with Crippen molar-refractivity contribution in [3.8, 4) is 0 Å². The number of hydrogen-bond donors (Lipinski definition) is 2. The fourth-order valence-corrected chi connectivity index (χ4v) is 1.71. The number of nitrogens with two attached hydrogens (primary N) is 1. The Bertz CT molecular complexity index is 646. The first-order valence-corrected chi connectivity index (χ1v) is 6.08. The summed E-state index contributed by atoms with van der Waals surface area (Å²) >= 11 is 11.6. The lowest BCUT2D eigenvalue weighted by Gasteiger charge is -2.08. The van der Waals surface area contributed by atoms with Gasteiger partial charge in [-0.25, -0.2) is 9.97 Å². The van der Waals surface area contributed by atoms with Crippen LogP contribution < -0.4 is 11.1 Å². The number of amides is 1. The summed E-state index contributed by atoms with van der Waals surface area (Å²) in [6.07, 6.45) is 1.22. The van der Waals surface area contributed by atoms with E-state index in [0.717, 1.165) is 5.56 Å². The average molecular weight is 297 g/mol. The SMILES string of the molecule is Cc1cc(C(=O)Nc2ncnc(Cl)c2Cl)ccc1N. The number of nitrogens with zero attached hydrogens (tertiary/aromatic N) is 2. The minimum Gasteiger partial charge on any atom is -0.399 e. The predicted molar refractivity (Wildman–Crippen MR) is 75.6 cm³/mol. The van der Waals surface area contributed by atoms with Crippen molar-refractivity contribution in [2.24, 2.45) is 0 Å². The average Bonchev–Trinajstić information content (AvgIpc) is 2.38. The summed E-state index contributed by atoms with van der Waals surface area (Å²) in [6, 6.07) is 4.97. The van der Waals surface area contributed by atoms with Crippen LogP contribution in [0.4, 0.5) is 11.5 Å². The first-order chi connectivity index (χ1) is 8.99. The van der Waals surface area contributed by atoms with Crippen LogP contribution in [0.3, 0.4) is 0 Å². The third-order valence-electron chi connectivity index (χ3n) is 2.51. The lowest BCUT2D eigenvalue weighted by molar-refractivity contribution is 0.102. The molecule has 0 atom stereocenters. The molecule has 1 heterocycles. The van der Waals surface area contributed by atoms with Gasteiger partial charge in [-0.2, -0.15) is 0 Å². The molecule has 3 N–H and O–H groups in total. The number of aryl methyl sites for hydroxylation is 1. The van der Waals surface area contributed by atoms with Gasteiger partial charge in [0.2, 0.25) is 0 Å². The number of halogens is 2. The Hall–Kier alpha value is -1.85. The highest BCUT2D eigenvalue weighted by Crippen LogP contribution is 2.25. The lowest BCUT2D eigenvalue weighted by Crippen LogP contribution is -2.14. The maximum atomic E-state index is 12.0. The van der Waals surface area contributed by atoms with Gasteiger partial charge >= 0.3 is 0 Å². The van der Waals surface area contributed by atoms with Gasteiger partial charge in [-0.1, -0.05) is 23.2 Å². The normalized spacial score (nSPS) is 10.3. The molecule has 2 aromatic rings. The largest absolute Gasteiger partial charge is 0.399 e. The van der Waals surface area contributed by atoms with E-state index >= 15 is 0 Å². The van der Waals surface area contributed by atoms with Gasteiger partial charge in [0.05, 0.1) is 0 Å². The summed E-state index contributed by atoms with van der Waals surface area (Å²) < 4.78 is 0. The first kappa shape index (κ1) is 13.6. The zero-order chi connectivity index (χ0) is 14.0. The Morgan fingerprint density at radius 3 is 2.74 bits per heavy atom. The Labute approximate surface area is 119 Å². The van der Waals surface area contributed by atoms with E-state index in [0.29, 0.717) is 11.3 Å². The summed E-state index contributed by atoms with van der Waals surface area (Å²) in [7, 11) is 0. The summed E-state index contributed by atoms with van der Waals surface area (Å²) in [4.78, 5) is 19.6. The standard InChI is InChI=1S/C12H10Cl2N4O/c1-6-4-7(2-3-8(6)15)12(19)18-11-9(13)10(14)16-5-17-11/h2-5H,15H2,1H3,(H,16,17,18,19). The molecule has 0 bridgehead atoms. The van der Waals surface area contributed by atoms with E-state index in [2.05, 4.69) is 15.3 Å². The van der Waals surface area contributed by atoms with Gasteiger partial charge in [-0.3, -0.25) is 4.79 Å². The van der Waals surface area contributed by atoms with Crippen molar-refractivity contribution in [2.75, 3.05) is 11.1 Å². The second kappa shape index (κ2) is 5.42. The molecule has 1 amide bonds. The predicted octanol–water partition coefficient (Wildman–Crippen LogP) is 2.93. The maximum absolute atomic E-state index is 12.0. The number of anilines is 2. The van der Waals surface area contributed by atoms with E-state index in [4.69, 9.17) is 28.9 Å². The molecule has 0 aliphatic heterocycles. The molecule has 1 aromatic heterocycles. The van der Waals surface area contributed by atoms with Crippen LogP contribution in [-0.4, -0.2) is 15.9 Å². The quantitative estimate of drug-likeness (QED) is 0.659. The van der Waals surface area contributed by atoms with Gasteiger partial charge in [0.1, 0.15) is 11.3 Å². The van der Waals surface area contributed by atoms with Crippen LogP contribution in [0.1, 0.15) is 15.9 Å². The van der Waals surface area contributed by atoms with E-state index in [1.165, 1.54) is 6.33 Å². The molecule has 0 saturated heterocycles. The van der Waals surface area contributed by atoms with E-state index in [9.17, 15) is 4.79 Å². The number of rotatable bonds is 2. The molecule has 2 rings (SSSR count). The highest BCUT2D eigenvalue weighted by atomic mass is 35.5. The van der Waals surface area contributed by atoms with Crippen LogP contribution in [0.2, 0.25) is 10.2 Å². The third-order valence-corrected chi connectivity index (χ3v) is 3.25. The number of nitrogen functional groups attached to an aromatic ring is 1. The van der Waals surface area contributed by atoms with Gasteiger partial charge in [-0.15, -0.1) is 0 Å². The zero-order valence-corrected chi connectivity index (χ0v) is 11.5. The second-order valence-corrected chi connectivity index (χ2v) is 4.59. The van der Waals surface area contributed by atoms with E-state index in [1.54, 1.807) is 18.2 Å². The van der Waals surface area contributed by atoms with Gasteiger partial charge in [0, 0.05) is 11.3 Å². The van der Waals surface area contributed by atoms with Crippen molar-refractivity contribution in [1.29, 1.82) is 0 Å². The number of nitrogens with one attached hydrogen (secondary N) is 1. The molecule has 0 aliphatic rings. The molecule has 0 saturated carbocycles. The summed E-state index contributed by atoms with van der Waals surface area (Å²) in [5, 5.41) is 2.75. The fourth-order valence-electron chi connectivity index (χ4n) is 1.43. The van der Waals surface area contributed by atoms with E-state index in [1.807, 2.05) is 6.92 Å². The molecule has 0 fully saturated rings. The minimum absolute atomic E-state index is 0.0838. The molecule has 0 spiro atoms. The summed E-state index contributed by atoms with van der Waals surface area (Å²) in [5.74, 6) is -0.180. The Kier molecular flexibility index (Phi) is 3.87. The van der Waals surface area contributed by atoms with Gasteiger partial charge in [-0.05, 0) is 30.7 Å². The molecule has 98 valence electrons. The molecule has 0 aliphatic carbocycles. The Morgan fingerprint density at radius 2 is 2.05 bits per heavy atom. The van der Waals surface area contributed by atoms with Crippen molar-refractivity contribution >= 4 is 40.6 Å². The van der Waals surface area contributed by atoms with Crippen molar-refractivity contribution in [1.82, 2.24) is 9.97 Å². The zero-order valence-electron chi connectivity index (χ0n) is 9.95. The number of benzene rings is 1. The van der Waals surface area contributed by atoms with Gasteiger partial charge < -0.3 is 11.1 Å². The minimum atomic E-state index is -0.347. The van der Waals surface area contributed by atoms with Crippen LogP contribution in [0, 0.1) is 6.92 Å². The second-order valence-electron chi connectivity index (χ2n) is 3.85. The highest BCUT2D eigenvalue weighted by molar-refractivity contribution is 6.43. The van der Waals surface area contributed by atoms with Crippen molar-refractivity contribution in [2.45, 2.75) is 6.92 Å². The van der Waals surface area contributed by atoms with Gasteiger partial charge in [0.25, 0.3) is 5.91 Å². The molecule has 5 nitrogen and oxygen atoms in total. The van der Waals surface area contributed by atoms with Crippen LogP contribution in [0.15, 0.2) is 24.5 Å². The van der Waals surface area contributed by atoms with Crippen molar-refractivity contribution in [3.63, 3.8) is 0 Å². The first-order valence-electron chi connectivity index (χ1n) is 5.32. The fraction of sp³-hybridized carbons (Fsp3) is 0.0833. The van der Waals surface area contributed by atoms with E-state index < -0.39 is 0 Å². The third kappa shape index (κ3) is 2.94. The highest BCUT2D eigenvalue weighted by Gasteiger charge is 2.12. The molecular formula is C12H10Cl2N4O. The van der Waals surface area contributed by atoms with Gasteiger partial charge in [0.15, 0.2) is 11.0 Å². The molecule has 0 unspecified atom stereocenters. The number of aromatic nitrogens is 2. The monoisotopic (exact) mass is 296 g/mol. The van der Waals surface area contributed by atoms with Crippen LogP contribution in [-0.2, 0) is 0 Å². The molecule has 19 heavy (non-hydrogen) atoms. The Balaban J connectivity index is 2.26. The van der Waals surface area contributed by atoms with Crippen molar-refractivity contribution in [3.05, 3.63) is 45.8 Å². The Morgan fingerprint density at radius 1 is 1.32 bits per heavy atom. The smallest absolute Gasteiger partial charge is 0.256 e. The number of carbonyl (C=O) groups excluding carboxylic acids is 1. The topological polar surface area (TPSA) is 80.9 Å². The van der Waals surface area contributed by atoms with Crippen LogP contribution in [0.5, 0.6) is 0 Å². The number of carbonyl (C=O) groups is 1. The molecule has 7 heteroatoms. The van der Waals surface area contributed by atoms with Crippen LogP contribution >= 0.6 is 23.2 Å². The molecule has 1 aromatic carbocycles. The molecule has 0 radical (unpaired) electrons. The maximum Gasteiger partial charge on any atom is 0.256 e. The van der Waals surface area contributed by atoms with E-state index in [-0.39, 0.29) is 21.9 Å². The summed E-state index contributed by atoms with van der Waals surface area (Å²) in [5.41, 5.74) is 7.59. The molecular weight excluding hydrogens is 287 g/mol. The number of hydrogen-bond acceptors (Lipinski definition) is 4.